The first-order chi connectivity index (χ1) is 13.8. The number of thioether (sulfide) groups is 1. The SMILES string of the molecule is C=CCNc1nnc(SC(C(=O)c2c[nH]c3ccccc23)c2ccccc2)s1. The second-order valence-corrected chi connectivity index (χ2v) is 8.39. The highest BCUT2D eigenvalue weighted by Crippen LogP contribution is 2.40. The number of benzene rings is 2. The summed E-state index contributed by atoms with van der Waals surface area (Å²) in [6, 6.07) is 17.6. The number of anilines is 1. The number of nitrogens with one attached hydrogen (secondary N) is 2. The first-order valence-electron chi connectivity index (χ1n) is 8.76. The summed E-state index contributed by atoms with van der Waals surface area (Å²) in [4.78, 5) is 16.7. The van der Waals surface area contributed by atoms with Crippen LogP contribution in [0.5, 0.6) is 0 Å². The van der Waals surface area contributed by atoms with Crippen LogP contribution in [-0.2, 0) is 0 Å². The minimum absolute atomic E-state index is 0.0458. The fourth-order valence-electron chi connectivity index (χ4n) is 2.91. The van der Waals surface area contributed by atoms with E-state index < -0.39 is 5.25 Å². The van der Waals surface area contributed by atoms with E-state index in [2.05, 4.69) is 27.1 Å². The molecule has 140 valence electrons. The number of aromatic nitrogens is 3. The zero-order chi connectivity index (χ0) is 19.3. The summed E-state index contributed by atoms with van der Waals surface area (Å²) in [6.45, 7) is 4.31. The lowest BCUT2D eigenvalue weighted by molar-refractivity contribution is 0.0991. The Morgan fingerprint density at radius 3 is 2.79 bits per heavy atom. The number of carbonyl (C=O) groups is 1. The van der Waals surface area contributed by atoms with E-state index in [0.717, 1.165) is 20.8 Å². The second kappa shape index (κ2) is 8.41. The Morgan fingerprint density at radius 1 is 1.18 bits per heavy atom. The first-order valence-corrected chi connectivity index (χ1v) is 10.5. The number of hydrogen-bond donors (Lipinski definition) is 2. The number of carbonyl (C=O) groups excluding carboxylic acids is 1. The van der Waals surface area contributed by atoms with E-state index in [-0.39, 0.29) is 5.78 Å². The highest BCUT2D eigenvalue weighted by Gasteiger charge is 2.27. The maximum absolute atomic E-state index is 13.5. The highest BCUT2D eigenvalue weighted by atomic mass is 32.2. The van der Waals surface area contributed by atoms with Crippen molar-refractivity contribution in [3.8, 4) is 0 Å². The summed E-state index contributed by atoms with van der Waals surface area (Å²) in [5.41, 5.74) is 2.58. The molecule has 1 unspecified atom stereocenters. The molecule has 1 atom stereocenters. The average molecular weight is 407 g/mol. The van der Waals surface area contributed by atoms with Gasteiger partial charge < -0.3 is 10.3 Å². The lowest BCUT2D eigenvalue weighted by atomic mass is 10.0. The van der Waals surface area contributed by atoms with Crippen molar-refractivity contribution in [2.75, 3.05) is 11.9 Å². The Labute approximate surface area is 170 Å². The smallest absolute Gasteiger partial charge is 0.206 e. The minimum atomic E-state index is -0.402. The fourth-order valence-corrected chi connectivity index (χ4v) is 4.93. The molecule has 0 fully saturated rings. The first kappa shape index (κ1) is 18.5. The monoisotopic (exact) mass is 406 g/mol. The molecule has 0 radical (unpaired) electrons. The summed E-state index contributed by atoms with van der Waals surface area (Å²) in [5.74, 6) is 0.0458. The molecule has 0 saturated carbocycles. The number of nitrogens with zero attached hydrogens (tertiary/aromatic N) is 2. The third kappa shape index (κ3) is 3.85. The van der Waals surface area contributed by atoms with Crippen molar-refractivity contribution in [3.05, 3.63) is 84.6 Å². The molecule has 0 saturated heterocycles. The van der Waals surface area contributed by atoms with Crippen molar-refractivity contribution in [1.29, 1.82) is 0 Å². The Balaban J connectivity index is 1.67. The normalized spacial score (nSPS) is 12.0. The predicted molar refractivity (Wildman–Crippen MR) is 116 cm³/mol. The molecule has 2 aromatic carbocycles. The summed E-state index contributed by atoms with van der Waals surface area (Å²) in [6.07, 6.45) is 3.56. The van der Waals surface area contributed by atoms with Crippen LogP contribution in [0.15, 0.2) is 77.8 Å². The lowest BCUT2D eigenvalue weighted by Crippen LogP contribution is -2.09. The Morgan fingerprint density at radius 2 is 1.96 bits per heavy atom. The molecule has 2 heterocycles. The molecule has 5 nitrogen and oxygen atoms in total. The molecular formula is C21H18N4OS2. The summed E-state index contributed by atoms with van der Waals surface area (Å²) < 4.78 is 0.744. The zero-order valence-corrected chi connectivity index (χ0v) is 16.6. The van der Waals surface area contributed by atoms with Crippen LogP contribution in [0, 0.1) is 0 Å². The molecule has 0 aliphatic carbocycles. The van der Waals surface area contributed by atoms with Crippen LogP contribution in [-0.4, -0.2) is 27.5 Å². The van der Waals surface area contributed by atoms with Gasteiger partial charge in [-0.1, -0.05) is 77.7 Å². The highest BCUT2D eigenvalue weighted by molar-refractivity contribution is 8.02. The number of ketones is 1. The van der Waals surface area contributed by atoms with E-state index in [1.54, 1.807) is 12.3 Å². The van der Waals surface area contributed by atoms with Gasteiger partial charge in [-0.25, -0.2) is 0 Å². The summed E-state index contributed by atoms with van der Waals surface area (Å²) in [7, 11) is 0. The molecule has 0 bridgehead atoms. The van der Waals surface area contributed by atoms with Gasteiger partial charge in [0.2, 0.25) is 5.13 Å². The Kier molecular flexibility index (Phi) is 5.55. The number of hydrogen-bond acceptors (Lipinski definition) is 6. The van der Waals surface area contributed by atoms with E-state index in [0.29, 0.717) is 17.2 Å². The number of H-pyrrole nitrogens is 1. The Hall–Kier alpha value is -2.90. The molecule has 0 spiro atoms. The van der Waals surface area contributed by atoms with Crippen LogP contribution < -0.4 is 5.32 Å². The molecule has 4 aromatic rings. The lowest BCUT2D eigenvalue weighted by Gasteiger charge is -2.14. The molecule has 0 amide bonds. The number of fused-ring (bicyclic) bond motifs is 1. The molecule has 0 aliphatic rings. The van der Waals surface area contributed by atoms with Gasteiger partial charge in [-0.3, -0.25) is 4.79 Å². The Bertz CT molecular complexity index is 1100. The van der Waals surface area contributed by atoms with Crippen molar-refractivity contribution in [2.45, 2.75) is 9.59 Å². The van der Waals surface area contributed by atoms with Crippen LogP contribution in [0.3, 0.4) is 0 Å². The van der Waals surface area contributed by atoms with Crippen LogP contribution >= 0.6 is 23.1 Å². The topological polar surface area (TPSA) is 70.7 Å². The molecule has 0 aliphatic heterocycles. The number of Topliss-reactive ketones (excluding diaryl/α,β-unsaturated/α-hetero) is 1. The molecule has 7 heteroatoms. The van der Waals surface area contributed by atoms with E-state index >= 15 is 0 Å². The van der Waals surface area contributed by atoms with E-state index in [9.17, 15) is 4.79 Å². The molecule has 4 rings (SSSR count). The van der Waals surface area contributed by atoms with E-state index in [1.807, 2.05) is 54.6 Å². The van der Waals surface area contributed by atoms with Gasteiger partial charge in [-0.2, -0.15) is 0 Å². The van der Waals surface area contributed by atoms with Gasteiger partial charge in [-0.05, 0) is 11.6 Å². The van der Waals surface area contributed by atoms with Crippen molar-refractivity contribution in [2.24, 2.45) is 0 Å². The van der Waals surface area contributed by atoms with Crippen LogP contribution in [0.2, 0.25) is 0 Å². The molecule has 2 N–H and O–H groups in total. The van der Waals surface area contributed by atoms with Gasteiger partial charge in [0.05, 0.1) is 0 Å². The van der Waals surface area contributed by atoms with Gasteiger partial charge >= 0.3 is 0 Å². The molecule has 28 heavy (non-hydrogen) atoms. The fraction of sp³-hybridized carbons (Fsp3) is 0.0952. The standard InChI is InChI=1S/C21H18N4OS2/c1-2-12-22-20-24-25-21(28-20)27-19(14-8-4-3-5-9-14)18(26)16-13-23-17-11-7-6-10-15(16)17/h2-11,13,19,23H,1,12H2,(H,22,24). The van der Waals surface area contributed by atoms with Crippen LogP contribution in [0.4, 0.5) is 5.13 Å². The van der Waals surface area contributed by atoms with Gasteiger partial charge in [0, 0.05) is 29.2 Å². The maximum Gasteiger partial charge on any atom is 0.206 e. The summed E-state index contributed by atoms with van der Waals surface area (Å²) >= 11 is 2.86. The van der Waals surface area contributed by atoms with Crippen molar-refractivity contribution < 1.29 is 4.79 Å². The zero-order valence-electron chi connectivity index (χ0n) is 15.0. The third-order valence-electron chi connectivity index (χ3n) is 4.22. The maximum atomic E-state index is 13.5. The number of aromatic amines is 1. The predicted octanol–water partition coefficient (Wildman–Crippen LogP) is 5.33. The summed E-state index contributed by atoms with van der Waals surface area (Å²) in [5, 5.41) is 12.8. The number of para-hydroxylation sites is 1. The largest absolute Gasteiger partial charge is 0.360 e. The van der Waals surface area contributed by atoms with Crippen molar-refractivity contribution >= 4 is 44.9 Å². The van der Waals surface area contributed by atoms with E-state index in [1.165, 1.54) is 23.1 Å². The van der Waals surface area contributed by atoms with Crippen molar-refractivity contribution in [1.82, 2.24) is 15.2 Å². The average Bonchev–Trinajstić information content (AvgIpc) is 3.37. The van der Waals surface area contributed by atoms with Gasteiger partial charge in [0.1, 0.15) is 5.25 Å². The van der Waals surface area contributed by atoms with Crippen molar-refractivity contribution in [3.63, 3.8) is 0 Å². The van der Waals surface area contributed by atoms with Gasteiger partial charge in [0.25, 0.3) is 0 Å². The van der Waals surface area contributed by atoms with Gasteiger partial charge in [0.15, 0.2) is 10.1 Å². The molecule has 2 aromatic heterocycles. The molecular weight excluding hydrogens is 388 g/mol. The van der Waals surface area contributed by atoms with Crippen LogP contribution in [0.1, 0.15) is 21.2 Å². The van der Waals surface area contributed by atoms with Gasteiger partial charge in [-0.15, -0.1) is 16.8 Å². The van der Waals surface area contributed by atoms with Crippen LogP contribution in [0.25, 0.3) is 10.9 Å². The second-order valence-electron chi connectivity index (χ2n) is 6.06. The minimum Gasteiger partial charge on any atom is -0.360 e. The number of rotatable bonds is 8. The third-order valence-corrected chi connectivity index (χ3v) is 6.44. The quantitative estimate of drug-likeness (QED) is 0.235. The van der Waals surface area contributed by atoms with E-state index in [4.69, 9.17) is 0 Å².